The predicted molar refractivity (Wildman–Crippen MR) is 101 cm³/mol. The highest BCUT2D eigenvalue weighted by Gasteiger charge is 2.22. The first-order chi connectivity index (χ1) is 12.7. The molecule has 0 saturated carbocycles. The third-order valence-corrected chi connectivity index (χ3v) is 5.46. The molecule has 0 atom stereocenters. The zero-order valence-electron chi connectivity index (χ0n) is 14.1. The number of H-pyrrole nitrogens is 1. The van der Waals surface area contributed by atoms with E-state index in [-0.39, 0.29) is 17.8 Å². The molecule has 0 aliphatic carbocycles. The molecular weight excluding hydrogens is 351 g/mol. The van der Waals surface area contributed by atoms with Crippen LogP contribution in [0, 0.1) is 5.82 Å². The van der Waals surface area contributed by atoms with Gasteiger partial charge in [0.2, 0.25) is 0 Å². The summed E-state index contributed by atoms with van der Waals surface area (Å²) in [6, 6.07) is 8.20. The molecule has 0 spiro atoms. The lowest BCUT2D eigenvalue weighted by atomic mass is 10.1. The summed E-state index contributed by atoms with van der Waals surface area (Å²) >= 11 is 1.64. The number of carbonyl (C=O) groups excluding carboxylic acids is 1. The van der Waals surface area contributed by atoms with Gasteiger partial charge in [0.15, 0.2) is 5.13 Å². The van der Waals surface area contributed by atoms with Crippen LogP contribution in [-0.4, -0.2) is 35.0 Å². The van der Waals surface area contributed by atoms with Crippen LogP contribution in [-0.2, 0) is 0 Å². The first kappa shape index (κ1) is 16.8. The second-order valence-corrected chi connectivity index (χ2v) is 7.23. The van der Waals surface area contributed by atoms with Crippen LogP contribution in [0.25, 0.3) is 11.1 Å². The van der Waals surface area contributed by atoms with Gasteiger partial charge in [-0.1, -0.05) is 12.1 Å². The number of amides is 1. The van der Waals surface area contributed by atoms with Crippen LogP contribution in [0.5, 0.6) is 0 Å². The Hall–Kier alpha value is -2.67. The first-order valence-electron chi connectivity index (χ1n) is 8.59. The molecular formula is C19H19FN4OS. The molecule has 1 amide bonds. The third kappa shape index (κ3) is 3.62. The molecule has 7 heteroatoms. The van der Waals surface area contributed by atoms with E-state index in [1.165, 1.54) is 12.1 Å². The highest BCUT2D eigenvalue weighted by molar-refractivity contribution is 7.13. The monoisotopic (exact) mass is 370 g/mol. The number of nitrogens with zero attached hydrogens (tertiary/aromatic N) is 2. The molecule has 2 N–H and O–H groups in total. The van der Waals surface area contributed by atoms with Gasteiger partial charge in [-0.2, -0.15) is 0 Å². The van der Waals surface area contributed by atoms with Crippen molar-refractivity contribution in [2.75, 3.05) is 18.0 Å². The van der Waals surface area contributed by atoms with Crippen LogP contribution in [0.15, 0.2) is 48.1 Å². The SMILES string of the molecule is O=C(NC1CCN(c2nccs2)CC1)c1cc(-c2ccc(F)cc2)c[nH]1. The Morgan fingerprint density at radius 2 is 2.00 bits per heavy atom. The molecule has 3 heterocycles. The van der Waals surface area contributed by atoms with Crippen molar-refractivity contribution in [2.45, 2.75) is 18.9 Å². The van der Waals surface area contributed by atoms with Gasteiger partial charge in [-0.05, 0) is 42.2 Å². The van der Waals surface area contributed by atoms with Gasteiger partial charge < -0.3 is 15.2 Å². The van der Waals surface area contributed by atoms with E-state index >= 15 is 0 Å². The zero-order chi connectivity index (χ0) is 17.9. The number of piperidine rings is 1. The number of hydrogen-bond acceptors (Lipinski definition) is 4. The van der Waals surface area contributed by atoms with Crippen LogP contribution in [0.4, 0.5) is 9.52 Å². The topological polar surface area (TPSA) is 61.0 Å². The minimum atomic E-state index is -0.272. The van der Waals surface area contributed by atoms with Crippen LogP contribution < -0.4 is 10.2 Å². The number of nitrogens with one attached hydrogen (secondary N) is 2. The van der Waals surface area contributed by atoms with Crippen molar-refractivity contribution in [1.82, 2.24) is 15.3 Å². The van der Waals surface area contributed by atoms with Gasteiger partial charge in [0.05, 0.1) is 0 Å². The molecule has 1 fully saturated rings. The Bertz CT molecular complexity index is 867. The van der Waals surface area contributed by atoms with Gasteiger partial charge in [0.25, 0.3) is 5.91 Å². The van der Waals surface area contributed by atoms with Gasteiger partial charge >= 0.3 is 0 Å². The Labute approximate surface area is 154 Å². The fourth-order valence-corrected chi connectivity index (χ4v) is 3.88. The standard InChI is InChI=1S/C19H19FN4OS/c20-15-3-1-13(2-4-15)14-11-17(22-12-14)18(25)23-16-5-8-24(9-6-16)19-21-7-10-26-19/h1-4,7,10-12,16,22H,5-6,8-9H2,(H,23,25). The number of halogens is 1. The second kappa shape index (κ2) is 7.29. The van der Waals surface area contributed by atoms with Crippen LogP contribution in [0.3, 0.4) is 0 Å². The van der Waals surface area contributed by atoms with Crippen LogP contribution in [0.1, 0.15) is 23.3 Å². The summed E-state index contributed by atoms with van der Waals surface area (Å²) < 4.78 is 13.0. The van der Waals surface area contributed by atoms with E-state index in [0.29, 0.717) is 5.69 Å². The molecule has 1 aliphatic rings. The summed E-state index contributed by atoms with van der Waals surface area (Å²) in [5.74, 6) is -0.377. The number of hydrogen-bond donors (Lipinski definition) is 2. The number of benzene rings is 1. The number of anilines is 1. The summed E-state index contributed by atoms with van der Waals surface area (Å²) in [7, 11) is 0. The van der Waals surface area contributed by atoms with Gasteiger partial charge in [0, 0.05) is 36.9 Å². The quantitative estimate of drug-likeness (QED) is 0.737. The van der Waals surface area contributed by atoms with Crippen molar-refractivity contribution in [3.8, 4) is 11.1 Å². The summed E-state index contributed by atoms with van der Waals surface area (Å²) in [5.41, 5.74) is 2.26. The van der Waals surface area contributed by atoms with E-state index in [4.69, 9.17) is 0 Å². The zero-order valence-corrected chi connectivity index (χ0v) is 14.9. The number of aromatic nitrogens is 2. The first-order valence-corrected chi connectivity index (χ1v) is 9.47. The molecule has 1 aliphatic heterocycles. The maximum atomic E-state index is 13.0. The summed E-state index contributed by atoms with van der Waals surface area (Å²) in [6.45, 7) is 1.79. The molecule has 1 aromatic carbocycles. The van der Waals surface area contributed by atoms with Crippen molar-refractivity contribution in [3.63, 3.8) is 0 Å². The molecule has 5 nitrogen and oxygen atoms in total. The molecule has 134 valence electrons. The average Bonchev–Trinajstić information content (AvgIpc) is 3.35. The number of carbonyl (C=O) groups is 1. The van der Waals surface area contributed by atoms with Crippen molar-refractivity contribution in [3.05, 3.63) is 59.6 Å². The summed E-state index contributed by atoms with van der Waals surface area (Å²) in [4.78, 5) is 22.1. The summed E-state index contributed by atoms with van der Waals surface area (Å²) in [6.07, 6.45) is 5.39. The van der Waals surface area contributed by atoms with Crippen LogP contribution >= 0.6 is 11.3 Å². The van der Waals surface area contributed by atoms with Gasteiger partial charge in [-0.15, -0.1) is 11.3 Å². The Morgan fingerprint density at radius 3 is 2.69 bits per heavy atom. The molecule has 3 aromatic rings. The van der Waals surface area contributed by atoms with E-state index < -0.39 is 0 Å². The van der Waals surface area contributed by atoms with Gasteiger partial charge in [0.1, 0.15) is 11.5 Å². The number of aromatic amines is 1. The van der Waals surface area contributed by atoms with Crippen molar-refractivity contribution in [2.24, 2.45) is 0 Å². The lowest BCUT2D eigenvalue weighted by Gasteiger charge is -2.32. The predicted octanol–water partition coefficient (Wildman–Crippen LogP) is 3.68. The third-order valence-electron chi connectivity index (χ3n) is 4.63. The summed E-state index contributed by atoms with van der Waals surface area (Å²) in [5, 5.41) is 6.12. The fraction of sp³-hybridized carbons (Fsp3) is 0.263. The molecule has 0 unspecified atom stereocenters. The highest BCUT2D eigenvalue weighted by Crippen LogP contribution is 2.23. The molecule has 0 radical (unpaired) electrons. The Balaban J connectivity index is 1.35. The fourth-order valence-electron chi connectivity index (χ4n) is 3.18. The minimum Gasteiger partial charge on any atom is -0.357 e. The molecule has 0 bridgehead atoms. The maximum absolute atomic E-state index is 13.0. The van der Waals surface area contributed by atoms with E-state index in [1.807, 2.05) is 11.6 Å². The van der Waals surface area contributed by atoms with E-state index in [9.17, 15) is 9.18 Å². The molecule has 1 saturated heterocycles. The maximum Gasteiger partial charge on any atom is 0.267 e. The highest BCUT2D eigenvalue weighted by atomic mass is 32.1. The second-order valence-electron chi connectivity index (χ2n) is 6.36. The average molecular weight is 370 g/mol. The number of rotatable bonds is 4. The molecule has 2 aromatic heterocycles. The largest absolute Gasteiger partial charge is 0.357 e. The Kier molecular flexibility index (Phi) is 4.71. The Morgan fingerprint density at radius 1 is 1.23 bits per heavy atom. The normalized spacial score (nSPS) is 15.2. The lowest BCUT2D eigenvalue weighted by molar-refractivity contribution is 0.0926. The van der Waals surface area contributed by atoms with E-state index in [2.05, 4.69) is 20.2 Å². The van der Waals surface area contributed by atoms with E-state index in [0.717, 1.165) is 42.2 Å². The van der Waals surface area contributed by atoms with Crippen molar-refractivity contribution >= 4 is 22.4 Å². The molecule has 26 heavy (non-hydrogen) atoms. The lowest BCUT2D eigenvalue weighted by Crippen LogP contribution is -2.44. The smallest absolute Gasteiger partial charge is 0.267 e. The van der Waals surface area contributed by atoms with Crippen LogP contribution in [0.2, 0.25) is 0 Å². The van der Waals surface area contributed by atoms with Gasteiger partial charge in [-0.3, -0.25) is 4.79 Å². The van der Waals surface area contributed by atoms with Crippen molar-refractivity contribution in [1.29, 1.82) is 0 Å². The van der Waals surface area contributed by atoms with E-state index in [1.54, 1.807) is 35.7 Å². The van der Waals surface area contributed by atoms with Crippen molar-refractivity contribution < 1.29 is 9.18 Å². The molecule has 4 rings (SSSR count). The number of thiazole rings is 1. The van der Waals surface area contributed by atoms with Gasteiger partial charge in [-0.25, -0.2) is 9.37 Å². The minimum absolute atomic E-state index is 0.105.